The minimum atomic E-state index is 0.138. The summed E-state index contributed by atoms with van der Waals surface area (Å²) in [5.74, 6) is 1.18. The number of aromatic nitrogens is 2. The van der Waals surface area contributed by atoms with Crippen LogP contribution in [0.5, 0.6) is 5.75 Å². The van der Waals surface area contributed by atoms with Gasteiger partial charge in [-0.15, -0.1) is 0 Å². The predicted octanol–water partition coefficient (Wildman–Crippen LogP) is 5.04. The van der Waals surface area contributed by atoms with Crippen molar-refractivity contribution in [1.82, 2.24) is 15.4 Å². The number of nitrogens with zero attached hydrogens (tertiary/aromatic N) is 3. The molecule has 144 valence electrons. The molecule has 1 aromatic heterocycles. The number of para-hydroxylation sites is 2. The second-order valence-electron chi connectivity index (χ2n) is 6.47. The highest BCUT2D eigenvalue weighted by Crippen LogP contribution is 2.20. The van der Waals surface area contributed by atoms with Gasteiger partial charge in [0.25, 0.3) is 0 Å². The van der Waals surface area contributed by atoms with Gasteiger partial charge < -0.3 is 10.1 Å². The highest BCUT2D eigenvalue weighted by Gasteiger charge is 2.10. The van der Waals surface area contributed by atoms with Gasteiger partial charge in [-0.1, -0.05) is 45.8 Å². The van der Waals surface area contributed by atoms with Crippen LogP contribution >= 0.6 is 15.9 Å². The maximum atomic E-state index is 9.99. The first-order valence-corrected chi connectivity index (χ1v) is 9.76. The number of hydrogen-bond donors (Lipinski definition) is 3. The molecular formula is C22H18BrN5O. The molecule has 6 nitrogen and oxygen atoms in total. The van der Waals surface area contributed by atoms with Crippen LogP contribution in [0.2, 0.25) is 0 Å². The summed E-state index contributed by atoms with van der Waals surface area (Å²) in [5.41, 5.74) is 7.22. The summed E-state index contributed by atoms with van der Waals surface area (Å²) < 4.78 is 0.850. The minimum Gasteiger partial charge on any atom is -0.507 e. The van der Waals surface area contributed by atoms with Crippen LogP contribution in [-0.4, -0.2) is 27.1 Å². The predicted molar refractivity (Wildman–Crippen MR) is 120 cm³/mol. The molecule has 0 unspecified atom stereocenters. The molecule has 0 fully saturated rings. The number of hydrogen-bond acceptors (Lipinski definition) is 4. The molecule has 0 atom stereocenters. The molecule has 3 aromatic carbocycles. The third-order valence-electron chi connectivity index (χ3n) is 4.25. The number of H-pyrrole nitrogens is 1. The molecule has 0 radical (unpaired) electrons. The Balaban J connectivity index is 1.68. The summed E-state index contributed by atoms with van der Waals surface area (Å²) in [5, 5.41) is 14.2. The van der Waals surface area contributed by atoms with Crippen molar-refractivity contribution in [3.05, 3.63) is 88.2 Å². The number of rotatable bonds is 4. The van der Waals surface area contributed by atoms with E-state index < -0.39 is 0 Å². The number of hydrazone groups is 1. The molecule has 0 bridgehead atoms. The van der Waals surface area contributed by atoms with Gasteiger partial charge >= 0.3 is 0 Å². The van der Waals surface area contributed by atoms with Gasteiger partial charge in [-0.3, -0.25) is 5.43 Å². The third kappa shape index (κ3) is 4.52. The quantitative estimate of drug-likeness (QED) is 0.232. The fourth-order valence-electron chi connectivity index (χ4n) is 2.74. The van der Waals surface area contributed by atoms with E-state index in [4.69, 9.17) is 0 Å². The van der Waals surface area contributed by atoms with Crippen molar-refractivity contribution in [1.29, 1.82) is 0 Å². The minimum absolute atomic E-state index is 0.138. The van der Waals surface area contributed by atoms with Crippen LogP contribution in [0.25, 0.3) is 11.0 Å². The first kappa shape index (κ1) is 18.9. The van der Waals surface area contributed by atoms with Crippen molar-refractivity contribution in [3.8, 4) is 5.75 Å². The molecule has 1 heterocycles. The van der Waals surface area contributed by atoms with Crippen LogP contribution in [0, 0.1) is 6.92 Å². The van der Waals surface area contributed by atoms with E-state index in [0.717, 1.165) is 26.8 Å². The number of phenols is 1. The maximum absolute atomic E-state index is 9.99. The Kier molecular flexibility index (Phi) is 5.39. The lowest BCUT2D eigenvalue weighted by Gasteiger charge is -2.04. The summed E-state index contributed by atoms with van der Waals surface area (Å²) in [7, 11) is 0. The Morgan fingerprint density at radius 1 is 1.10 bits per heavy atom. The highest BCUT2D eigenvalue weighted by molar-refractivity contribution is 9.10. The summed E-state index contributed by atoms with van der Waals surface area (Å²) >= 11 is 3.39. The van der Waals surface area contributed by atoms with E-state index in [-0.39, 0.29) is 5.75 Å². The Morgan fingerprint density at radius 3 is 2.69 bits per heavy atom. The van der Waals surface area contributed by atoms with Crippen molar-refractivity contribution >= 4 is 44.7 Å². The Morgan fingerprint density at radius 2 is 1.90 bits per heavy atom. The first-order valence-electron chi connectivity index (χ1n) is 8.96. The van der Waals surface area contributed by atoms with Crippen molar-refractivity contribution in [2.45, 2.75) is 6.92 Å². The third-order valence-corrected chi connectivity index (χ3v) is 4.75. The van der Waals surface area contributed by atoms with E-state index in [1.807, 2.05) is 55.5 Å². The van der Waals surface area contributed by atoms with Gasteiger partial charge in [0, 0.05) is 10.0 Å². The zero-order valence-corrected chi connectivity index (χ0v) is 17.2. The summed E-state index contributed by atoms with van der Waals surface area (Å²) in [6, 6.07) is 20.8. The van der Waals surface area contributed by atoms with Crippen LogP contribution in [0.1, 0.15) is 17.0 Å². The van der Waals surface area contributed by atoms with Crippen molar-refractivity contribution in [3.63, 3.8) is 0 Å². The molecule has 0 spiro atoms. The second kappa shape index (κ2) is 8.28. The van der Waals surface area contributed by atoms with Crippen LogP contribution in [0.3, 0.4) is 0 Å². The molecule has 7 heteroatoms. The van der Waals surface area contributed by atoms with E-state index in [0.29, 0.717) is 17.2 Å². The number of imidazole rings is 1. The van der Waals surface area contributed by atoms with Gasteiger partial charge in [0.15, 0.2) is 11.7 Å². The number of phenolic OH excluding ortho intramolecular Hbond substituents is 1. The molecule has 0 amide bonds. The van der Waals surface area contributed by atoms with E-state index in [9.17, 15) is 5.11 Å². The lowest BCUT2D eigenvalue weighted by molar-refractivity contribution is 0.474. The number of aromatic amines is 1. The van der Waals surface area contributed by atoms with Crippen LogP contribution in [0.15, 0.2) is 81.3 Å². The lowest BCUT2D eigenvalue weighted by Crippen LogP contribution is -2.20. The number of aryl methyl sites for hydroxylation is 1. The van der Waals surface area contributed by atoms with E-state index >= 15 is 0 Å². The normalized spacial score (nSPS) is 12.0. The molecule has 0 saturated heterocycles. The summed E-state index contributed by atoms with van der Waals surface area (Å²) in [6.07, 6.45) is 1.54. The van der Waals surface area contributed by atoms with E-state index in [2.05, 4.69) is 41.4 Å². The molecule has 4 aromatic rings. The second-order valence-corrected chi connectivity index (χ2v) is 7.39. The smallest absolute Gasteiger partial charge is 0.190 e. The standard InChI is InChI=1S/C22H18BrN5O/c1-14-6-9-17(10-7-14)25-22(21-26-18-4-2-3-5-19(18)27-21)28-24-13-15-12-16(23)8-11-20(15)29/h2-13,29H,1H3,(H,25,28)(H,26,27)/b24-13+. The first-order chi connectivity index (χ1) is 14.1. The van der Waals surface area contributed by atoms with E-state index in [1.54, 1.807) is 18.2 Å². The van der Waals surface area contributed by atoms with Gasteiger partial charge in [-0.25, -0.2) is 9.98 Å². The molecule has 0 aliphatic heterocycles. The average molecular weight is 448 g/mol. The summed E-state index contributed by atoms with van der Waals surface area (Å²) in [4.78, 5) is 12.5. The SMILES string of the molecule is Cc1ccc(N=C(N/N=C/c2cc(Br)ccc2O)c2nc3ccccc3[nH]2)cc1. The zero-order chi connectivity index (χ0) is 20.2. The van der Waals surface area contributed by atoms with Gasteiger partial charge in [-0.2, -0.15) is 5.10 Å². The number of fused-ring (bicyclic) bond motifs is 1. The van der Waals surface area contributed by atoms with Crippen LogP contribution in [-0.2, 0) is 0 Å². The Hall–Kier alpha value is -3.45. The van der Waals surface area contributed by atoms with Crippen molar-refractivity contribution in [2.24, 2.45) is 10.1 Å². The topological polar surface area (TPSA) is 85.7 Å². The lowest BCUT2D eigenvalue weighted by atomic mass is 10.2. The fourth-order valence-corrected chi connectivity index (χ4v) is 3.11. The molecule has 3 N–H and O–H groups in total. The number of amidine groups is 1. The molecule has 0 saturated carbocycles. The largest absolute Gasteiger partial charge is 0.507 e. The van der Waals surface area contributed by atoms with E-state index in [1.165, 1.54) is 6.21 Å². The molecular weight excluding hydrogens is 430 g/mol. The number of aliphatic imine (C=N–C) groups is 1. The van der Waals surface area contributed by atoms with Crippen LogP contribution in [0.4, 0.5) is 5.69 Å². The maximum Gasteiger partial charge on any atom is 0.190 e. The average Bonchev–Trinajstić information content (AvgIpc) is 3.15. The number of benzene rings is 3. The molecule has 4 rings (SSSR count). The van der Waals surface area contributed by atoms with Crippen LogP contribution < -0.4 is 5.43 Å². The summed E-state index contributed by atoms with van der Waals surface area (Å²) in [6.45, 7) is 2.03. The highest BCUT2D eigenvalue weighted by atomic mass is 79.9. The molecule has 0 aliphatic carbocycles. The Bertz CT molecular complexity index is 1180. The molecule has 29 heavy (non-hydrogen) atoms. The van der Waals surface area contributed by atoms with Gasteiger partial charge in [0.05, 0.1) is 22.9 Å². The van der Waals surface area contributed by atoms with Crippen molar-refractivity contribution < 1.29 is 5.11 Å². The van der Waals surface area contributed by atoms with Gasteiger partial charge in [-0.05, 0) is 49.4 Å². The van der Waals surface area contributed by atoms with Gasteiger partial charge in [0.2, 0.25) is 0 Å². The number of aromatic hydroxyl groups is 1. The fraction of sp³-hybridized carbons (Fsp3) is 0.0455. The Labute approximate surface area is 176 Å². The zero-order valence-electron chi connectivity index (χ0n) is 15.6. The monoisotopic (exact) mass is 447 g/mol. The molecule has 0 aliphatic rings. The van der Waals surface area contributed by atoms with Crippen molar-refractivity contribution in [2.75, 3.05) is 0 Å². The number of halogens is 1. The van der Waals surface area contributed by atoms with Gasteiger partial charge in [0.1, 0.15) is 5.75 Å². The number of nitrogens with one attached hydrogen (secondary N) is 2.